The first-order valence-electron chi connectivity index (χ1n) is 9.04. The molecule has 1 aromatic rings. The molecule has 0 unspecified atom stereocenters. The molecule has 5 nitrogen and oxygen atoms in total. The quantitative estimate of drug-likeness (QED) is 0.772. The standard InChI is InChI=1S/C20H26N2O3/c1-13(2)22-19(23)17(18(20(22)24)21-11-5-6-12-21)15-7-9-16(10-8-15)25-14(3)4/h7-10,13-14H,5-6,11-12H2,1-4H3. The van der Waals surface area contributed by atoms with Crippen LogP contribution in [0.2, 0.25) is 0 Å². The second-order valence-corrected chi connectivity index (χ2v) is 7.18. The molecule has 1 aromatic carbocycles. The van der Waals surface area contributed by atoms with Crippen LogP contribution in [0.15, 0.2) is 30.0 Å². The molecule has 25 heavy (non-hydrogen) atoms. The van der Waals surface area contributed by atoms with Gasteiger partial charge in [0.05, 0.1) is 11.7 Å². The van der Waals surface area contributed by atoms with E-state index in [1.54, 1.807) is 0 Å². The molecule has 3 rings (SSSR count). The van der Waals surface area contributed by atoms with Gasteiger partial charge < -0.3 is 9.64 Å². The fourth-order valence-electron chi connectivity index (χ4n) is 3.47. The Balaban J connectivity index is 2.01. The molecule has 1 fully saturated rings. The average molecular weight is 342 g/mol. The number of imide groups is 1. The normalized spacial score (nSPS) is 18.3. The van der Waals surface area contributed by atoms with Gasteiger partial charge in [-0.05, 0) is 58.2 Å². The highest BCUT2D eigenvalue weighted by Crippen LogP contribution is 2.35. The number of hydrogen-bond donors (Lipinski definition) is 0. The zero-order valence-corrected chi connectivity index (χ0v) is 15.4. The Labute approximate surface area is 149 Å². The molecule has 2 aliphatic heterocycles. The molecule has 0 saturated carbocycles. The van der Waals surface area contributed by atoms with Gasteiger partial charge in [0.15, 0.2) is 0 Å². The minimum Gasteiger partial charge on any atom is -0.491 e. The number of carbonyl (C=O) groups excluding carboxylic acids is 2. The Hall–Kier alpha value is -2.30. The summed E-state index contributed by atoms with van der Waals surface area (Å²) in [5.74, 6) is 0.401. The van der Waals surface area contributed by atoms with Crippen LogP contribution in [0.25, 0.3) is 5.57 Å². The van der Waals surface area contributed by atoms with Crippen LogP contribution in [-0.2, 0) is 9.59 Å². The highest BCUT2D eigenvalue weighted by molar-refractivity contribution is 6.35. The van der Waals surface area contributed by atoms with Crippen LogP contribution in [0.4, 0.5) is 0 Å². The summed E-state index contributed by atoms with van der Waals surface area (Å²) >= 11 is 0. The number of ether oxygens (including phenoxy) is 1. The van der Waals surface area contributed by atoms with E-state index in [9.17, 15) is 9.59 Å². The van der Waals surface area contributed by atoms with Crippen LogP contribution >= 0.6 is 0 Å². The number of rotatable bonds is 5. The van der Waals surface area contributed by atoms with Gasteiger partial charge in [0.25, 0.3) is 11.8 Å². The molecule has 134 valence electrons. The number of likely N-dealkylation sites (tertiary alicyclic amines) is 1. The smallest absolute Gasteiger partial charge is 0.278 e. The summed E-state index contributed by atoms with van der Waals surface area (Å²) in [6.45, 7) is 9.36. The predicted octanol–water partition coefficient (Wildman–Crippen LogP) is 3.06. The van der Waals surface area contributed by atoms with E-state index in [1.807, 2.05) is 52.0 Å². The zero-order valence-electron chi connectivity index (χ0n) is 15.4. The summed E-state index contributed by atoms with van der Waals surface area (Å²) in [6, 6.07) is 7.31. The average Bonchev–Trinajstić information content (AvgIpc) is 3.13. The van der Waals surface area contributed by atoms with E-state index >= 15 is 0 Å². The summed E-state index contributed by atoms with van der Waals surface area (Å²) < 4.78 is 5.68. The summed E-state index contributed by atoms with van der Waals surface area (Å²) in [4.78, 5) is 29.3. The molecule has 2 heterocycles. The van der Waals surface area contributed by atoms with Gasteiger partial charge in [-0.1, -0.05) is 12.1 Å². The van der Waals surface area contributed by atoms with Gasteiger partial charge in [-0.3, -0.25) is 14.5 Å². The first-order valence-corrected chi connectivity index (χ1v) is 9.04. The number of amides is 2. The van der Waals surface area contributed by atoms with Crippen molar-refractivity contribution in [1.29, 1.82) is 0 Å². The van der Waals surface area contributed by atoms with E-state index in [0.717, 1.165) is 37.2 Å². The number of benzene rings is 1. The van der Waals surface area contributed by atoms with Crippen molar-refractivity contribution in [1.82, 2.24) is 9.80 Å². The van der Waals surface area contributed by atoms with E-state index in [2.05, 4.69) is 4.90 Å². The lowest BCUT2D eigenvalue weighted by molar-refractivity contribution is -0.139. The molecule has 0 atom stereocenters. The Kier molecular flexibility index (Phi) is 4.84. The first kappa shape index (κ1) is 17.5. The van der Waals surface area contributed by atoms with Crippen LogP contribution in [0.1, 0.15) is 46.1 Å². The molecule has 2 amide bonds. The van der Waals surface area contributed by atoms with Gasteiger partial charge in [-0.25, -0.2) is 0 Å². The molecular weight excluding hydrogens is 316 g/mol. The van der Waals surface area contributed by atoms with E-state index in [0.29, 0.717) is 11.3 Å². The fourth-order valence-corrected chi connectivity index (χ4v) is 3.47. The maximum atomic E-state index is 13.0. The van der Waals surface area contributed by atoms with Crippen molar-refractivity contribution < 1.29 is 14.3 Å². The minimum absolute atomic E-state index is 0.0938. The second kappa shape index (κ2) is 6.90. The topological polar surface area (TPSA) is 49.9 Å². The van der Waals surface area contributed by atoms with E-state index in [4.69, 9.17) is 4.74 Å². The van der Waals surface area contributed by atoms with Crippen molar-refractivity contribution in [2.24, 2.45) is 0 Å². The molecule has 0 bridgehead atoms. The monoisotopic (exact) mass is 342 g/mol. The Morgan fingerprint density at radius 1 is 0.920 bits per heavy atom. The Morgan fingerprint density at radius 2 is 1.52 bits per heavy atom. The Bertz CT molecular complexity index is 698. The molecule has 1 saturated heterocycles. The second-order valence-electron chi connectivity index (χ2n) is 7.18. The van der Waals surface area contributed by atoms with Crippen LogP contribution in [0.5, 0.6) is 5.75 Å². The van der Waals surface area contributed by atoms with E-state index < -0.39 is 0 Å². The third-order valence-electron chi connectivity index (χ3n) is 4.54. The van der Waals surface area contributed by atoms with Crippen molar-refractivity contribution in [3.63, 3.8) is 0 Å². The molecule has 0 aliphatic carbocycles. The molecule has 2 aliphatic rings. The predicted molar refractivity (Wildman–Crippen MR) is 96.9 cm³/mol. The van der Waals surface area contributed by atoms with Gasteiger partial charge in [0.1, 0.15) is 11.4 Å². The number of hydrogen-bond acceptors (Lipinski definition) is 4. The molecule has 5 heteroatoms. The molecule has 0 N–H and O–H groups in total. The van der Waals surface area contributed by atoms with Gasteiger partial charge in [-0.15, -0.1) is 0 Å². The van der Waals surface area contributed by atoms with Crippen molar-refractivity contribution in [2.75, 3.05) is 13.1 Å². The van der Waals surface area contributed by atoms with Crippen LogP contribution in [0.3, 0.4) is 0 Å². The third-order valence-corrected chi connectivity index (χ3v) is 4.54. The van der Waals surface area contributed by atoms with Crippen molar-refractivity contribution in [3.05, 3.63) is 35.5 Å². The van der Waals surface area contributed by atoms with Crippen LogP contribution in [-0.4, -0.2) is 46.8 Å². The maximum absolute atomic E-state index is 13.0. The lowest BCUT2D eigenvalue weighted by Gasteiger charge is -2.22. The Morgan fingerprint density at radius 3 is 2.04 bits per heavy atom. The van der Waals surface area contributed by atoms with Crippen LogP contribution < -0.4 is 4.74 Å². The molecule has 0 aromatic heterocycles. The van der Waals surface area contributed by atoms with Crippen molar-refractivity contribution >= 4 is 17.4 Å². The van der Waals surface area contributed by atoms with Crippen molar-refractivity contribution in [2.45, 2.75) is 52.7 Å². The van der Waals surface area contributed by atoms with Crippen LogP contribution in [0, 0.1) is 0 Å². The zero-order chi connectivity index (χ0) is 18.1. The van der Waals surface area contributed by atoms with Gasteiger partial charge in [0.2, 0.25) is 0 Å². The van der Waals surface area contributed by atoms with Gasteiger partial charge in [-0.2, -0.15) is 0 Å². The summed E-state index contributed by atoms with van der Waals surface area (Å²) in [7, 11) is 0. The van der Waals surface area contributed by atoms with Gasteiger partial charge in [0, 0.05) is 19.1 Å². The number of carbonyl (C=O) groups is 2. The van der Waals surface area contributed by atoms with E-state index in [1.165, 1.54) is 4.90 Å². The largest absolute Gasteiger partial charge is 0.491 e. The maximum Gasteiger partial charge on any atom is 0.278 e. The fraction of sp³-hybridized carbons (Fsp3) is 0.500. The van der Waals surface area contributed by atoms with Crippen molar-refractivity contribution in [3.8, 4) is 5.75 Å². The highest BCUT2D eigenvalue weighted by atomic mass is 16.5. The summed E-state index contributed by atoms with van der Waals surface area (Å²) in [5, 5.41) is 0. The van der Waals surface area contributed by atoms with Gasteiger partial charge >= 0.3 is 0 Å². The summed E-state index contributed by atoms with van der Waals surface area (Å²) in [5.41, 5.74) is 1.87. The SMILES string of the molecule is CC(C)Oc1ccc(C2=C(N3CCCC3)C(=O)N(C(C)C)C2=O)cc1. The molecular formula is C20H26N2O3. The first-order chi connectivity index (χ1) is 11.9. The highest BCUT2D eigenvalue weighted by Gasteiger charge is 2.43. The lowest BCUT2D eigenvalue weighted by atomic mass is 10.0. The third kappa shape index (κ3) is 3.28. The lowest BCUT2D eigenvalue weighted by Crippen LogP contribution is -2.39. The molecule has 0 spiro atoms. The minimum atomic E-state index is -0.195. The van der Waals surface area contributed by atoms with E-state index in [-0.39, 0.29) is 24.0 Å². The molecule has 0 radical (unpaired) electrons. The summed E-state index contributed by atoms with van der Waals surface area (Å²) in [6.07, 6.45) is 2.21. The number of nitrogens with zero attached hydrogens (tertiary/aromatic N) is 2.